The van der Waals surface area contributed by atoms with Gasteiger partial charge in [0.1, 0.15) is 5.66 Å². The van der Waals surface area contributed by atoms with Crippen molar-refractivity contribution in [2.24, 2.45) is 0 Å². The molecule has 4 aromatic rings. The van der Waals surface area contributed by atoms with Crippen LogP contribution in [0.15, 0.2) is 78.9 Å². The number of benzene rings is 4. The molecule has 0 heterocycles. The molecule has 1 atom stereocenters. The highest BCUT2D eigenvalue weighted by molar-refractivity contribution is 7.26. The van der Waals surface area contributed by atoms with Crippen LogP contribution >= 0.6 is 8.46 Å². The van der Waals surface area contributed by atoms with Crippen LogP contribution in [-0.4, -0.2) is 25.6 Å². The summed E-state index contributed by atoms with van der Waals surface area (Å²) in [4.78, 5) is 24.8. The van der Waals surface area contributed by atoms with Crippen molar-refractivity contribution in [3.05, 3.63) is 84.4 Å². The van der Waals surface area contributed by atoms with Crippen LogP contribution in [0.2, 0.25) is 0 Å². The molecule has 32 heavy (non-hydrogen) atoms. The Balaban J connectivity index is 1.70. The van der Waals surface area contributed by atoms with Crippen molar-refractivity contribution in [1.82, 2.24) is 0 Å². The number of methoxy groups -OCH3 is 1. The van der Waals surface area contributed by atoms with Crippen molar-refractivity contribution in [2.45, 2.75) is 5.66 Å². The molecule has 0 radical (unpaired) electrons. The van der Waals surface area contributed by atoms with Crippen molar-refractivity contribution in [2.75, 3.05) is 19.0 Å². The third kappa shape index (κ3) is 4.32. The van der Waals surface area contributed by atoms with E-state index in [1.807, 2.05) is 66.7 Å². The minimum absolute atomic E-state index is 0.306. The lowest BCUT2D eigenvalue weighted by atomic mass is 10.0. The molecule has 4 aromatic carbocycles. The van der Waals surface area contributed by atoms with Gasteiger partial charge in [0.05, 0.1) is 12.8 Å². The summed E-state index contributed by atoms with van der Waals surface area (Å²) in [5, 5.41) is 6.27. The molecule has 0 aromatic heterocycles. The molecule has 0 saturated heterocycles. The van der Waals surface area contributed by atoms with Gasteiger partial charge in [-0.2, -0.15) is 0 Å². The van der Waals surface area contributed by atoms with Gasteiger partial charge >= 0.3 is 5.97 Å². The molecule has 0 fully saturated rings. The van der Waals surface area contributed by atoms with Crippen LogP contribution in [0.4, 0.5) is 5.69 Å². The second kappa shape index (κ2) is 9.58. The Labute approximate surface area is 186 Å². The van der Waals surface area contributed by atoms with Gasteiger partial charge < -0.3 is 14.8 Å². The largest absolute Gasteiger partial charge is 0.479 e. The fourth-order valence-electron chi connectivity index (χ4n) is 3.62. The van der Waals surface area contributed by atoms with Crippen molar-refractivity contribution >= 4 is 47.6 Å². The molecule has 0 aliphatic rings. The summed E-state index contributed by atoms with van der Waals surface area (Å²) in [6.07, 6.45) is 0. The monoisotopic (exact) mass is 445 g/mol. The highest BCUT2D eigenvalue weighted by Gasteiger charge is 2.25. The molecule has 7 heteroatoms. The second-order valence-electron chi connectivity index (χ2n) is 7.09. The predicted octanol–water partition coefficient (Wildman–Crippen LogP) is 5.52. The van der Waals surface area contributed by atoms with Crippen LogP contribution < -0.4 is 10.1 Å². The Morgan fingerprint density at radius 1 is 0.875 bits per heavy atom. The molecule has 4 rings (SSSR count). The van der Waals surface area contributed by atoms with E-state index in [0.717, 1.165) is 21.5 Å². The van der Waals surface area contributed by atoms with Crippen LogP contribution in [0.1, 0.15) is 11.2 Å². The van der Waals surface area contributed by atoms with Gasteiger partial charge in [-0.3, -0.25) is 9.36 Å². The summed E-state index contributed by atoms with van der Waals surface area (Å²) in [5.74, 6) is -0.640. The summed E-state index contributed by atoms with van der Waals surface area (Å²) in [6.45, 7) is -0.306. The van der Waals surface area contributed by atoms with Crippen LogP contribution in [0.25, 0.3) is 21.5 Å². The van der Waals surface area contributed by atoms with Gasteiger partial charge in [0.25, 0.3) is 0 Å². The number of hydrogen-bond donors (Lipinski definition) is 1. The van der Waals surface area contributed by atoms with E-state index in [0.29, 0.717) is 17.0 Å². The van der Waals surface area contributed by atoms with Crippen molar-refractivity contribution in [1.29, 1.82) is 0 Å². The lowest BCUT2D eigenvalue weighted by molar-refractivity contribution is -0.142. The van der Waals surface area contributed by atoms with Gasteiger partial charge in [0, 0.05) is 5.39 Å². The number of anilines is 1. The first-order chi connectivity index (χ1) is 15.6. The SMILES string of the molecule is COC(=O)COc1c(NC(=O)C(P=O)c2cccc3ccccc23)ccc2ccccc12. The number of esters is 1. The topological polar surface area (TPSA) is 81.7 Å². The molecule has 1 unspecified atom stereocenters. The Kier molecular flexibility index (Phi) is 6.43. The minimum Gasteiger partial charge on any atom is -0.479 e. The van der Waals surface area contributed by atoms with E-state index < -0.39 is 17.5 Å². The zero-order valence-electron chi connectivity index (χ0n) is 17.3. The first-order valence-electron chi connectivity index (χ1n) is 9.94. The lowest BCUT2D eigenvalue weighted by Crippen LogP contribution is -2.19. The van der Waals surface area contributed by atoms with Crippen molar-refractivity contribution < 1.29 is 23.6 Å². The Hall–Kier alpha value is -3.76. The molecule has 1 amide bonds. The average Bonchev–Trinajstić information content (AvgIpc) is 2.83. The molecular formula is C25H20NO5P. The van der Waals surface area contributed by atoms with E-state index in [1.165, 1.54) is 7.11 Å². The lowest BCUT2D eigenvalue weighted by Gasteiger charge is -2.17. The molecule has 0 bridgehead atoms. The van der Waals surface area contributed by atoms with E-state index in [9.17, 15) is 14.2 Å². The first-order valence-corrected chi connectivity index (χ1v) is 10.8. The summed E-state index contributed by atoms with van der Waals surface area (Å²) >= 11 is 0. The number of rotatable bonds is 7. The fraction of sp³-hybridized carbons (Fsp3) is 0.120. The highest BCUT2D eigenvalue weighted by atomic mass is 31.1. The number of nitrogens with one attached hydrogen (secondary N) is 1. The second-order valence-corrected chi connectivity index (χ2v) is 7.82. The third-order valence-corrected chi connectivity index (χ3v) is 5.89. The number of amides is 1. The Bertz CT molecular complexity index is 1310. The van der Waals surface area contributed by atoms with Gasteiger partial charge in [-0.1, -0.05) is 72.8 Å². The number of carbonyl (C=O) groups excluding carboxylic acids is 2. The van der Waals surface area contributed by atoms with E-state index in [4.69, 9.17) is 4.74 Å². The average molecular weight is 445 g/mol. The predicted molar refractivity (Wildman–Crippen MR) is 124 cm³/mol. The third-order valence-electron chi connectivity index (χ3n) is 5.17. The fourth-order valence-corrected chi connectivity index (χ4v) is 4.12. The standard InChI is InChI=1S/C25H20NO5P/c1-30-22(27)15-31-23-19-11-5-3-8-17(19)13-14-21(23)26-25(28)24(32-29)20-12-6-9-16-7-2-4-10-18(16)20/h2-14,24H,15H2,1H3,(H,26,28). The summed E-state index contributed by atoms with van der Waals surface area (Å²) in [6, 6.07) is 24.2. The van der Waals surface area contributed by atoms with Crippen LogP contribution in [0.3, 0.4) is 0 Å². The smallest absolute Gasteiger partial charge is 0.343 e. The van der Waals surface area contributed by atoms with Gasteiger partial charge in [-0.25, -0.2) is 4.79 Å². The molecule has 1 N–H and O–H groups in total. The maximum atomic E-state index is 13.2. The molecular weight excluding hydrogens is 425 g/mol. The molecule has 0 saturated carbocycles. The first kappa shape index (κ1) is 21.5. The minimum atomic E-state index is -0.916. The quantitative estimate of drug-likeness (QED) is 0.299. The molecule has 0 aliphatic carbocycles. The zero-order chi connectivity index (χ0) is 22.5. The Morgan fingerprint density at radius 2 is 1.53 bits per heavy atom. The van der Waals surface area contributed by atoms with Gasteiger partial charge in [0.15, 0.2) is 20.8 Å². The van der Waals surface area contributed by atoms with Gasteiger partial charge in [0.2, 0.25) is 5.91 Å². The highest BCUT2D eigenvalue weighted by Crippen LogP contribution is 2.37. The Morgan fingerprint density at radius 3 is 2.25 bits per heavy atom. The molecule has 0 spiro atoms. The number of ether oxygens (including phenoxy) is 2. The van der Waals surface area contributed by atoms with E-state index >= 15 is 0 Å². The summed E-state index contributed by atoms with van der Waals surface area (Å²) in [5.41, 5.74) is 0.127. The normalized spacial score (nSPS) is 11.9. The van der Waals surface area contributed by atoms with Gasteiger partial charge in [-0.15, -0.1) is 0 Å². The van der Waals surface area contributed by atoms with Crippen molar-refractivity contribution in [3.8, 4) is 5.75 Å². The van der Waals surface area contributed by atoms with Crippen LogP contribution in [0.5, 0.6) is 5.75 Å². The summed E-state index contributed by atoms with van der Waals surface area (Å²) in [7, 11) is 0.947. The van der Waals surface area contributed by atoms with Crippen LogP contribution in [0, 0.1) is 0 Å². The molecule has 160 valence electrons. The van der Waals surface area contributed by atoms with Gasteiger partial charge in [-0.05, 0) is 27.8 Å². The maximum absolute atomic E-state index is 13.2. The van der Waals surface area contributed by atoms with E-state index in [2.05, 4.69) is 10.1 Å². The van der Waals surface area contributed by atoms with Crippen molar-refractivity contribution in [3.63, 3.8) is 0 Å². The number of fused-ring (bicyclic) bond motifs is 2. The zero-order valence-corrected chi connectivity index (χ0v) is 18.2. The number of carbonyl (C=O) groups is 2. The summed E-state index contributed by atoms with van der Waals surface area (Å²) < 4.78 is 22.5. The van der Waals surface area contributed by atoms with E-state index in [-0.39, 0.29) is 15.1 Å². The molecule has 0 aliphatic heterocycles. The number of hydrogen-bond acceptors (Lipinski definition) is 5. The maximum Gasteiger partial charge on any atom is 0.343 e. The van der Waals surface area contributed by atoms with E-state index in [1.54, 1.807) is 12.1 Å². The molecule has 6 nitrogen and oxygen atoms in total. The van der Waals surface area contributed by atoms with Crippen LogP contribution in [-0.2, 0) is 18.9 Å².